The number of unbranched alkanes of at least 4 members (excludes halogenated alkanes) is 4. The summed E-state index contributed by atoms with van der Waals surface area (Å²) >= 11 is 0. The minimum absolute atomic E-state index is 0.0183. The highest BCUT2D eigenvalue weighted by Crippen LogP contribution is 2.17. The molecule has 0 bridgehead atoms. The van der Waals surface area contributed by atoms with Gasteiger partial charge in [0.15, 0.2) is 0 Å². The lowest BCUT2D eigenvalue weighted by Crippen LogP contribution is -2.09. The number of allylic oxidation sites excluding steroid dienone is 1. The molecule has 4 heteroatoms. The van der Waals surface area contributed by atoms with E-state index in [1.807, 2.05) is 0 Å². The van der Waals surface area contributed by atoms with Crippen molar-refractivity contribution in [2.24, 2.45) is 5.92 Å². The molecule has 0 aromatic rings. The van der Waals surface area contributed by atoms with Gasteiger partial charge in [-0.15, -0.1) is 0 Å². The van der Waals surface area contributed by atoms with E-state index in [4.69, 9.17) is 10.2 Å². The largest absolute Gasteiger partial charge is 0.478 e. The second-order valence-electron chi connectivity index (χ2n) is 4.78. The van der Waals surface area contributed by atoms with E-state index in [9.17, 15) is 9.59 Å². The number of rotatable bonds is 10. The van der Waals surface area contributed by atoms with Crippen LogP contribution in [0.25, 0.3) is 0 Å². The van der Waals surface area contributed by atoms with Crippen molar-refractivity contribution >= 4 is 11.9 Å². The zero-order valence-corrected chi connectivity index (χ0v) is 11.8. The summed E-state index contributed by atoms with van der Waals surface area (Å²) in [4.78, 5) is 21.9. The van der Waals surface area contributed by atoms with Crippen LogP contribution in [0.3, 0.4) is 0 Å². The van der Waals surface area contributed by atoms with E-state index < -0.39 is 17.9 Å². The van der Waals surface area contributed by atoms with Crippen LogP contribution in [-0.4, -0.2) is 22.2 Å². The van der Waals surface area contributed by atoms with Crippen LogP contribution >= 0.6 is 0 Å². The average Bonchev–Trinajstić information content (AvgIpc) is 2.35. The Morgan fingerprint density at radius 1 is 1.11 bits per heavy atom. The molecule has 2 N–H and O–H groups in total. The lowest BCUT2D eigenvalue weighted by atomic mass is 9.97. The first-order chi connectivity index (χ1) is 8.90. The van der Waals surface area contributed by atoms with Gasteiger partial charge in [-0.05, 0) is 12.8 Å². The van der Waals surface area contributed by atoms with Crippen LogP contribution in [0.2, 0.25) is 0 Å². The maximum absolute atomic E-state index is 11.1. The molecule has 0 aromatic carbocycles. The van der Waals surface area contributed by atoms with Gasteiger partial charge in [0.1, 0.15) is 0 Å². The summed E-state index contributed by atoms with van der Waals surface area (Å²) in [5, 5.41) is 17.9. The minimum atomic E-state index is -1.09. The van der Waals surface area contributed by atoms with Gasteiger partial charge in [0.25, 0.3) is 0 Å². The van der Waals surface area contributed by atoms with Crippen molar-refractivity contribution < 1.29 is 19.8 Å². The quantitative estimate of drug-likeness (QED) is 0.468. The smallest absolute Gasteiger partial charge is 0.331 e. The summed E-state index contributed by atoms with van der Waals surface area (Å²) in [5.41, 5.74) is 0.302. The van der Waals surface area contributed by atoms with E-state index >= 15 is 0 Å². The summed E-state index contributed by atoms with van der Waals surface area (Å²) in [6.45, 7) is 7.23. The highest BCUT2D eigenvalue weighted by molar-refractivity contribution is 5.89. The van der Waals surface area contributed by atoms with E-state index in [1.54, 1.807) is 6.92 Å². The molecular formula is C15H24O4. The van der Waals surface area contributed by atoms with Gasteiger partial charge in [0.2, 0.25) is 0 Å². The van der Waals surface area contributed by atoms with Crippen molar-refractivity contribution in [3.63, 3.8) is 0 Å². The SMILES string of the molecule is C=C(C(=O)O)C(C)C=C(CCCCCCC)C(=O)O. The number of carboxylic acids is 2. The van der Waals surface area contributed by atoms with Crippen LogP contribution in [0, 0.1) is 5.92 Å². The molecular weight excluding hydrogens is 244 g/mol. The van der Waals surface area contributed by atoms with Gasteiger partial charge in [-0.2, -0.15) is 0 Å². The highest BCUT2D eigenvalue weighted by Gasteiger charge is 2.15. The highest BCUT2D eigenvalue weighted by atomic mass is 16.4. The van der Waals surface area contributed by atoms with E-state index in [0.717, 1.165) is 25.7 Å². The Morgan fingerprint density at radius 3 is 2.16 bits per heavy atom. The van der Waals surface area contributed by atoms with Gasteiger partial charge < -0.3 is 10.2 Å². The third-order valence-electron chi connectivity index (χ3n) is 3.10. The Kier molecular flexibility index (Phi) is 8.58. The summed E-state index contributed by atoms with van der Waals surface area (Å²) < 4.78 is 0. The molecule has 0 rings (SSSR count). The molecule has 0 radical (unpaired) electrons. The molecule has 0 heterocycles. The first-order valence-corrected chi connectivity index (χ1v) is 6.76. The van der Waals surface area contributed by atoms with Gasteiger partial charge >= 0.3 is 11.9 Å². The lowest BCUT2D eigenvalue weighted by Gasteiger charge is -2.09. The topological polar surface area (TPSA) is 74.6 Å². The third kappa shape index (κ3) is 7.44. The predicted molar refractivity (Wildman–Crippen MR) is 75.0 cm³/mol. The number of hydrogen-bond acceptors (Lipinski definition) is 2. The second-order valence-corrected chi connectivity index (χ2v) is 4.78. The van der Waals surface area contributed by atoms with Crippen molar-refractivity contribution in [2.75, 3.05) is 0 Å². The molecule has 0 fully saturated rings. The predicted octanol–water partition coefficient (Wildman–Crippen LogP) is 3.63. The normalized spacial score (nSPS) is 13.1. The Hall–Kier alpha value is -1.58. The van der Waals surface area contributed by atoms with Crippen LogP contribution in [0.4, 0.5) is 0 Å². The molecule has 19 heavy (non-hydrogen) atoms. The summed E-state index contributed by atoms with van der Waals surface area (Å²) in [6.07, 6.45) is 7.24. The molecule has 0 amide bonds. The maximum Gasteiger partial charge on any atom is 0.331 e. The van der Waals surface area contributed by atoms with Crippen molar-refractivity contribution in [1.29, 1.82) is 0 Å². The number of aliphatic carboxylic acids is 2. The van der Waals surface area contributed by atoms with Crippen molar-refractivity contribution in [1.82, 2.24) is 0 Å². The lowest BCUT2D eigenvalue weighted by molar-refractivity contribution is -0.134. The van der Waals surface area contributed by atoms with Crippen molar-refractivity contribution in [3.8, 4) is 0 Å². The second kappa shape index (κ2) is 9.36. The first kappa shape index (κ1) is 17.4. The zero-order valence-electron chi connectivity index (χ0n) is 11.8. The molecule has 0 aliphatic heterocycles. The van der Waals surface area contributed by atoms with Crippen LogP contribution in [-0.2, 0) is 9.59 Å². The number of carboxylic acid groups (broad SMARTS) is 2. The molecule has 0 aliphatic rings. The molecule has 1 atom stereocenters. The average molecular weight is 268 g/mol. The molecule has 0 saturated carbocycles. The molecule has 0 aliphatic carbocycles. The fourth-order valence-corrected chi connectivity index (χ4v) is 1.78. The molecule has 1 unspecified atom stereocenters. The van der Waals surface area contributed by atoms with Gasteiger partial charge in [0.05, 0.1) is 0 Å². The number of hydrogen-bond donors (Lipinski definition) is 2. The Bertz CT molecular complexity index is 355. The van der Waals surface area contributed by atoms with Crippen LogP contribution in [0.1, 0.15) is 52.4 Å². The van der Waals surface area contributed by atoms with Gasteiger partial charge in [0, 0.05) is 17.1 Å². The zero-order chi connectivity index (χ0) is 14.8. The standard InChI is InChI=1S/C15H24O4/c1-4-5-6-7-8-9-13(15(18)19)10-11(2)12(3)14(16)17/h10-11H,3-9H2,1-2H3,(H,16,17)(H,18,19). The molecule has 108 valence electrons. The molecule has 0 spiro atoms. The van der Waals surface area contributed by atoms with Crippen LogP contribution in [0.5, 0.6) is 0 Å². The maximum atomic E-state index is 11.1. The van der Waals surface area contributed by atoms with E-state index in [-0.39, 0.29) is 11.1 Å². The van der Waals surface area contributed by atoms with Gasteiger partial charge in [-0.1, -0.05) is 52.2 Å². The van der Waals surface area contributed by atoms with Crippen molar-refractivity contribution in [2.45, 2.75) is 52.4 Å². The number of carbonyl (C=O) groups is 2. The third-order valence-corrected chi connectivity index (χ3v) is 3.10. The Labute approximate surface area is 114 Å². The van der Waals surface area contributed by atoms with Gasteiger partial charge in [-0.25, -0.2) is 9.59 Å². The molecule has 0 saturated heterocycles. The molecule has 0 aromatic heterocycles. The first-order valence-electron chi connectivity index (χ1n) is 6.76. The summed E-state index contributed by atoms with van der Waals surface area (Å²) in [6, 6.07) is 0. The fraction of sp³-hybridized carbons (Fsp3) is 0.600. The van der Waals surface area contributed by atoms with E-state index in [1.165, 1.54) is 12.5 Å². The Balaban J connectivity index is 4.43. The minimum Gasteiger partial charge on any atom is -0.478 e. The van der Waals surface area contributed by atoms with Gasteiger partial charge in [-0.3, -0.25) is 0 Å². The van der Waals surface area contributed by atoms with E-state index in [0.29, 0.717) is 6.42 Å². The van der Waals surface area contributed by atoms with Crippen molar-refractivity contribution in [3.05, 3.63) is 23.8 Å². The molecule has 4 nitrogen and oxygen atoms in total. The van der Waals surface area contributed by atoms with Crippen LogP contribution in [0.15, 0.2) is 23.8 Å². The Morgan fingerprint density at radius 2 is 1.68 bits per heavy atom. The fourth-order valence-electron chi connectivity index (χ4n) is 1.78. The van der Waals surface area contributed by atoms with E-state index in [2.05, 4.69) is 13.5 Å². The van der Waals surface area contributed by atoms with Crippen LogP contribution < -0.4 is 0 Å². The monoisotopic (exact) mass is 268 g/mol. The summed E-state index contributed by atoms with van der Waals surface area (Å²) in [5.74, 6) is -2.52. The summed E-state index contributed by atoms with van der Waals surface area (Å²) in [7, 11) is 0.